The van der Waals surface area contributed by atoms with Gasteiger partial charge in [-0.25, -0.2) is 0 Å². The summed E-state index contributed by atoms with van der Waals surface area (Å²) in [5.74, 6) is 0. The van der Waals surface area contributed by atoms with Crippen LogP contribution >= 0.6 is 0 Å². The molecular weight excluding hydrogens is 174 g/mol. The van der Waals surface area contributed by atoms with Crippen LogP contribution in [0.4, 0.5) is 5.69 Å². The molecule has 0 amide bonds. The van der Waals surface area contributed by atoms with E-state index in [0.29, 0.717) is 6.54 Å². The van der Waals surface area contributed by atoms with Crippen LogP contribution in [0.15, 0.2) is 36.5 Å². The Morgan fingerprint density at radius 1 is 1.43 bits per heavy atom. The van der Waals surface area contributed by atoms with Crippen molar-refractivity contribution in [2.45, 2.75) is 6.54 Å². The fourth-order valence-electron chi connectivity index (χ4n) is 1.28. The van der Waals surface area contributed by atoms with Gasteiger partial charge in [-0.2, -0.15) is 0 Å². The van der Waals surface area contributed by atoms with Crippen molar-refractivity contribution in [3.63, 3.8) is 0 Å². The topological polar surface area (TPSA) is 53.1 Å². The van der Waals surface area contributed by atoms with Crippen molar-refractivity contribution in [2.75, 3.05) is 11.9 Å². The van der Waals surface area contributed by atoms with E-state index < -0.39 is 0 Å². The molecule has 0 spiro atoms. The van der Waals surface area contributed by atoms with Gasteiger partial charge in [0, 0.05) is 31.7 Å². The summed E-state index contributed by atoms with van der Waals surface area (Å²) in [6.45, 7) is 0.527. The van der Waals surface area contributed by atoms with Crippen molar-refractivity contribution >= 4 is 11.9 Å². The molecule has 1 rings (SSSR count). The van der Waals surface area contributed by atoms with Crippen LogP contribution in [0.2, 0.25) is 0 Å². The summed E-state index contributed by atoms with van der Waals surface area (Å²) < 4.78 is 0. The van der Waals surface area contributed by atoms with Gasteiger partial charge in [0.05, 0.1) is 0 Å². The number of anilines is 1. The smallest absolute Gasteiger partial charge is 0.0449 e. The first kappa shape index (κ1) is 10.5. The zero-order valence-corrected chi connectivity index (χ0v) is 8.27. The molecule has 0 heterocycles. The molecule has 74 valence electrons. The van der Waals surface area contributed by atoms with Crippen LogP contribution < -0.4 is 10.6 Å². The van der Waals surface area contributed by atoms with Gasteiger partial charge in [0.15, 0.2) is 0 Å². The Hall–Kier alpha value is -1.61. The lowest BCUT2D eigenvalue weighted by molar-refractivity contribution is 1.04. The maximum absolute atomic E-state index is 6.89. The molecule has 0 aromatic heterocycles. The molecule has 0 saturated carbocycles. The van der Waals surface area contributed by atoms with Gasteiger partial charge in [0.25, 0.3) is 0 Å². The lowest BCUT2D eigenvalue weighted by atomic mass is 10.1. The number of benzene rings is 1. The molecule has 0 radical (unpaired) electrons. The molecule has 14 heavy (non-hydrogen) atoms. The third-order valence-electron chi connectivity index (χ3n) is 2.00. The van der Waals surface area contributed by atoms with E-state index in [2.05, 4.69) is 0 Å². The van der Waals surface area contributed by atoms with Crippen molar-refractivity contribution in [1.82, 2.24) is 0 Å². The fourth-order valence-corrected chi connectivity index (χ4v) is 1.28. The maximum Gasteiger partial charge on any atom is 0.0449 e. The minimum absolute atomic E-state index is 0.527. The van der Waals surface area contributed by atoms with Crippen LogP contribution in [-0.2, 0) is 6.54 Å². The maximum atomic E-state index is 6.89. The number of nitrogens with two attached hydrogens (primary N) is 1. The Morgan fingerprint density at radius 2 is 2.14 bits per heavy atom. The van der Waals surface area contributed by atoms with E-state index in [4.69, 9.17) is 11.1 Å². The van der Waals surface area contributed by atoms with Crippen LogP contribution in [0, 0.1) is 5.41 Å². The fraction of sp³-hybridized carbons (Fsp3) is 0.182. The first-order chi connectivity index (χ1) is 6.79. The zero-order valence-electron chi connectivity index (χ0n) is 8.27. The second-order valence-corrected chi connectivity index (χ2v) is 2.95. The Morgan fingerprint density at radius 3 is 2.79 bits per heavy atom. The molecule has 0 aliphatic heterocycles. The van der Waals surface area contributed by atoms with E-state index in [0.717, 1.165) is 11.3 Å². The second kappa shape index (κ2) is 5.19. The standard InChI is InChI=1S/C11H15N3/c1-14(8-4-7-12)11-6-3-2-5-10(11)9-13/h2-8,12H,9,13H2,1H3/b8-4-,12-7?. The van der Waals surface area contributed by atoms with E-state index in [9.17, 15) is 0 Å². The molecular formula is C11H15N3. The van der Waals surface area contributed by atoms with Crippen molar-refractivity contribution in [3.8, 4) is 0 Å². The van der Waals surface area contributed by atoms with Gasteiger partial charge in [-0.05, 0) is 17.7 Å². The normalized spacial score (nSPS) is 10.4. The van der Waals surface area contributed by atoms with Gasteiger partial charge < -0.3 is 16.0 Å². The van der Waals surface area contributed by atoms with Crippen LogP contribution in [0.3, 0.4) is 0 Å². The number of nitrogens with zero attached hydrogens (tertiary/aromatic N) is 1. The highest BCUT2D eigenvalue weighted by molar-refractivity contribution is 5.69. The van der Waals surface area contributed by atoms with Crippen LogP contribution in [0.5, 0.6) is 0 Å². The highest BCUT2D eigenvalue weighted by atomic mass is 15.1. The predicted molar refractivity (Wildman–Crippen MR) is 60.7 cm³/mol. The monoisotopic (exact) mass is 189 g/mol. The third kappa shape index (κ3) is 2.44. The van der Waals surface area contributed by atoms with E-state index in [1.54, 1.807) is 6.08 Å². The van der Waals surface area contributed by atoms with Gasteiger partial charge in [0.1, 0.15) is 0 Å². The Kier molecular flexibility index (Phi) is 3.88. The summed E-state index contributed by atoms with van der Waals surface area (Å²) in [5, 5.41) is 6.89. The summed E-state index contributed by atoms with van der Waals surface area (Å²) in [4.78, 5) is 1.95. The summed E-state index contributed by atoms with van der Waals surface area (Å²) >= 11 is 0. The molecule has 1 aromatic rings. The predicted octanol–water partition coefficient (Wildman–Crippen LogP) is 1.74. The number of hydrogen-bond acceptors (Lipinski definition) is 3. The first-order valence-corrected chi connectivity index (χ1v) is 4.47. The Labute approximate surface area is 84.4 Å². The average molecular weight is 189 g/mol. The van der Waals surface area contributed by atoms with Crippen LogP contribution in [0.25, 0.3) is 0 Å². The van der Waals surface area contributed by atoms with E-state index in [-0.39, 0.29) is 0 Å². The average Bonchev–Trinajstić information content (AvgIpc) is 2.25. The van der Waals surface area contributed by atoms with E-state index in [1.165, 1.54) is 6.21 Å². The molecule has 0 saturated heterocycles. The summed E-state index contributed by atoms with van der Waals surface area (Å²) in [5.41, 5.74) is 7.80. The molecule has 0 aliphatic rings. The number of rotatable bonds is 4. The molecule has 0 bridgehead atoms. The Balaban J connectivity index is 2.93. The van der Waals surface area contributed by atoms with Crippen LogP contribution in [-0.4, -0.2) is 13.3 Å². The van der Waals surface area contributed by atoms with Crippen LogP contribution in [0.1, 0.15) is 5.56 Å². The van der Waals surface area contributed by atoms with Gasteiger partial charge in [0.2, 0.25) is 0 Å². The van der Waals surface area contributed by atoms with Crippen molar-refractivity contribution in [2.24, 2.45) is 5.73 Å². The lowest BCUT2D eigenvalue weighted by Gasteiger charge is -2.17. The number of nitrogens with one attached hydrogen (secondary N) is 1. The summed E-state index contributed by atoms with van der Waals surface area (Å²) in [6.07, 6.45) is 4.76. The van der Waals surface area contributed by atoms with Gasteiger partial charge in [-0.15, -0.1) is 0 Å². The summed E-state index contributed by atoms with van der Waals surface area (Å²) in [6, 6.07) is 7.96. The lowest BCUT2D eigenvalue weighted by Crippen LogP contribution is -2.12. The number of hydrogen-bond donors (Lipinski definition) is 2. The molecule has 3 N–H and O–H groups in total. The molecule has 0 fully saturated rings. The SMILES string of the molecule is CN(/C=C\C=N)c1ccccc1CN. The largest absolute Gasteiger partial charge is 0.351 e. The zero-order chi connectivity index (χ0) is 10.4. The second-order valence-electron chi connectivity index (χ2n) is 2.95. The highest BCUT2D eigenvalue weighted by Crippen LogP contribution is 2.18. The van der Waals surface area contributed by atoms with E-state index >= 15 is 0 Å². The molecule has 3 nitrogen and oxygen atoms in total. The quantitative estimate of drug-likeness (QED) is 0.709. The molecule has 0 aliphatic carbocycles. The number of allylic oxidation sites excluding steroid dienone is 1. The number of para-hydroxylation sites is 1. The molecule has 3 heteroatoms. The van der Waals surface area contributed by atoms with E-state index in [1.807, 2.05) is 42.4 Å². The van der Waals surface area contributed by atoms with Crippen molar-refractivity contribution < 1.29 is 0 Å². The summed E-state index contributed by atoms with van der Waals surface area (Å²) in [7, 11) is 1.94. The van der Waals surface area contributed by atoms with Gasteiger partial charge >= 0.3 is 0 Å². The van der Waals surface area contributed by atoms with Crippen molar-refractivity contribution in [1.29, 1.82) is 5.41 Å². The minimum atomic E-state index is 0.527. The Bertz CT molecular complexity index is 331. The minimum Gasteiger partial charge on any atom is -0.351 e. The van der Waals surface area contributed by atoms with Gasteiger partial charge in [-0.1, -0.05) is 18.2 Å². The third-order valence-corrected chi connectivity index (χ3v) is 2.00. The van der Waals surface area contributed by atoms with Crippen molar-refractivity contribution in [3.05, 3.63) is 42.1 Å². The molecule has 0 atom stereocenters. The first-order valence-electron chi connectivity index (χ1n) is 4.47. The molecule has 0 unspecified atom stereocenters. The highest BCUT2D eigenvalue weighted by Gasteiger charge is 2.01. The molecule has 1 aromatic carbocycles. The van der Waals surface area contributed by atoms with Gasteiger partial charge in [-0.3, -0.25) is 0 Å².